The first-order chi connectivity index (χ1) is 12.0. The zero-order valence-corrected chi connectivity index (χ0v) is 15.6. The SMILES string of the molecule is Cc1cccc(N2CCN(C(=O)C(=O)N3CCCCC3C)CC2)c1C. The molecular weight excluding hydrogens is 314 g/mol. The number of amides is 2. The Morgan fingerprint density at radius 3 is 2.36 bits per heavy atom. The molecule has 0 aromatic heterocycles. The van der Waals surface area contributed by atoms with Crippen LogP contribution >= 0.6 is 0 Å². The van der Waals surface area contributed by atoms with Crippen LogP contribution in [0.25, 0.3) is 0 Å². The first-order valence-electron chi connectivity index (χ1n) is 9.40. The van der Waals surface area contributed by atoms with E-state index in [1.807, 2.05) is 6.92 Å². The zero-order chi connectivity index (χ0) is 18.0. The van der Waals surface area contributed by atoms with Crippen molar-refractivity contribution in [2.24, 2.45) is 0 Å². The largest absolute Gasteiger partial charge is 0.368 e. The molecule has 136 valence electrons. The Labute approximate surface area is 150 Å². The van der Waals surface area contributed by atoms with Gasteiger partial charge >= 0.3 is 11.8 Å². The maximum Gasteiger partial charge on any atom is 0.312 e. The van der Waals surface area contributed by atoms with Gasteiger partial charge in [0.15, 0.2) is 0 Å². The number of carbonyl (C=O) groups is 2. The molecule has 0 radical (unpaired) electrons. The average Bonchev–Trinajstić information content (AvgIpc) is 2.63. The molecule has 2 heterocycles. The molecule has 2 amide bonds. The van der Waals surface area contributed by atoms with E-state index in [1.165, 1.54) is 16.8 Å². The number of benzene rings is 1. The van der Waals surface area contributed by atoms with E-state index >= 15 is 0 Å². The Morgan fingerprint density at radius 2 is 1.68 bits per heavy atom. The van der Waals surface area contributed by atoms with Crippen molar-refractivity contribution in [1.82, 2.24) is 9.80 Å². The summed E-state index contributed by atoms with van der Waals surface area (Å²) in [6.45, 7) is 9.80. The Hall–Kier alpha value is -2.04. The quantitative estimate of drug-likeness (QED) is 0.735. The minimum Gasteiger partial charge on any atom is -0.368 e. The van der Waals surface area contributed by atoms with E-state index in [0.29, 0.717) is 19.6 Å². The summed E-state index contributed by atoms with van der Waals surface area (Å²) in [5.74, 6) is -0.637. The van der Waals surface area contributed by atoms with Crippen molar-refractivity contribution in [3.8, 4) is 0 Å². The standard InChI is InChI=1S/C20H29N3O2/c1-15-7-6-9-18(17(15)3)21-11-13-22(14-12-21)19(24)20(25)23-10-5-4-8-16(23)2/h6-7,9,16H,4-5,8,10-14H2,1-3H3. The second-order valence-corrected chi connectivity index (χ2v) is 7.34. The average molecular weight is 343 g/mol. The Balaban J connectivity index is 1.61. The van der Waals surface area contributed by atoms with Crippen molar-refractivity contribution in [2.45, 2.75) is 46.1 Å². The number of aryl methyl sites for hydroxylation is 1. The highest BCUT2D eigenvalue weighted by atomic mass is 16.2. The molecule has 2 fully saturated rings. The highest BCUT2D eigenvalue weighted by Crippen LogP contribution is 2.24. The molecule has 2 aliphatic heterocycles. The van der Waals surface area contributed by atoms with E-state index in [4.69, 9.17) is 0 Å². The molecule has 5 nitrogen and oxygen atoms in total. The first-order valence-corrected chi connectivity index (χ1v) is 9.40. The molecule has 25 heavy (non-hydrogen) atoms. The van der Waals surface area contributed by atoms with E-state index in [9.17, 15) is 9.59 Å². The predicted molar refractivity (Wildman–Crippen MR) is 99.7 cm³/mol. The van der Waals surface area contributed by atoms with E-state index in [1.54, 1.807) is 9.80 Å². The highest BCUT2D eigenvalue weighted by Gasteiger charge is 2.32. The van der Waals surface area contributed by atoms with E-state index in [0.717, 1.165) is 32.4 Å². The normalized spacial score (nSPS) is 21.4. The van der Waals surface area contributed by atoms with Crippen LogP contribution in [0.4, 0.5) is 5.69 Å². The molecule has 3 rings (SSSR count). The van der Waals surface area contributed by atoms with Crippen LogP contribution in [-0.4, -0.2) is 60.4 Å². The van der Waals surface area contributed by atoms with Crippen LogP contribution in [0.3, 0.4) is 0 Å². The number of likely N-dealkylation sites (tertiary alicyclic amines) is 1. The minimum atomic E-state index is -0.325. The molecule has 5 heteroatoms. The lowest BCUT2D eigenvalue weighted by Gasteiger charge is -2.38. The van der Waals surface area contributed by atoms with Crippen LogP contribution in [-0.2, 0) is 9.59 Å². The van der Waals surface area contributed by atoms with Crippen LogP contribution in [0.2, 0.25) is 0 Å². The van der Waals surface area contributed by atoms with E-state index in [-0.39, 0.29) is 17.9 Å². The molecule has 1 aromatic rings. The fourth-order valence-corrected chi connectivity index (χ4v) is 3.89. The van der Waals surface area contributed by atoms with Crippen LogP contribution in [0, 0.1) is 13.8 Å². The van der Waals surface area contributed by atoms with Gasteiger partial charge in [0.05, 0.1) is 0 Å². The van der Waals surface area contributed by atoms with Gasteiger partial charge < -0.3 is 14.7 Å². The molecule has 0 spiro atoms. The molecule has 0 N–H and O–H groups in total. The summed E-state index contributed by atoms with van der Waals surface area (Å²) >= 11 is 0. The van der Waals surface area contributed by atoms with Gasteiger partial charge in [-0.15, -0.1) is 0 Å². The Kier molecular flexibility index (Phi) is 5.30. The molecule has 1 unspecified atom stereocenters. The summed E-state index contributed by atoms with van der Waals surface area (Å²) in [5.41, 5.74) is 3.81. The number of nitrogens with zero attached hydrogens (tertiary/aromatic N) is 3. The Morgan fingerprint density at radius 1 is 0.960 bits per heavy atom. The lowest BCUT2D eigenvalue weighted by atomic mass is 10.0. The van der Waals surface area contributed by atoms with Crippen molar-refractivity contribution >= 4 is 17.5 Å². The predicted octanol–water partition coefficient (Wildman–Crippen LogP) is 2.35. The highest BCUT2D eigenvalue weighted by molar-refractivity contribution is 6.35. The van der Waals surface area contributed by atoms with Crippen molar-refractivity contribution in [3.63, 3.8) is 0 Å². The number of piperidine rings is 1. The topological polar surface area (TPSA) is 43.9 Å². The van der Waals surface area contributed by atoms with Gasteiger partial charge in [-0.05, 0) is 57.2 Å². The second-order valence-electron chi connectivity index (χ2n) is 7.34. The first kappa shape index (κ1) is 17.8. The molecule has 0 saturated carbocycles. The van der Waals surface area contributed by atoms with Gasteiger partial charge in [0.25, 0.3) is 0 Å². The third-order valence-electron chi connectivity index (χ3n) is 5.73. The molecule has 0 aliphatic carbocycles. The van der Waals surface area contributed by atoms with E-state index < -0.39 is 0 Å². The maximum atomic E-state index is 12.6. The summed E-state index contributed by atoms with van der Waals surface area (Å²) in [6, 6.07) is 6.52. The maximum absolute atomic E-state index is 12.6. The number of piperazine rings is 1. The Bertz CT molecular complexity index is 650. The van der Waals surface area contributed by atoms with Crippen molar-refractivity contribution in [1.29, 1.82) is 0 Å². The number of hydrogen-bond donors (Lipinski definition) is 0. The second kappa shape index (κ2) is 7.46. The van der Waals surface area contributed by atoms with Gasteiger partial charge in [-0.25, -0.2) is 0 Å². The summed E-state index contributed by atoms with van der Waals surface area (Å²) in [7, 11) is 0. The van der Waals surface area contributed by atoms with Crippen LogP contribution in [0.15, 0.2) is 18.2 Å². The van der Waals surface area contributed by atoms with Gasteiger partial charge in [0.1, 0.15) is 0 Å². The van der Waals surface area contributed by atoms with Gasteiger partial charge in [0.2, 0.25) is 0 Å². The molecule has 1 aromatic carbocycles. The summed E-state index contributed by atoms with van der Waals surface area (Å²) in [4.78, 5) is 31.0. The van der Waals surface area contributed by atoms with Crippen molar-refractivity contribution in [2.75, 3.05) is 37.6 Å². The molecule has 1 atom stereocenters. The molecular formula is C20H29N3O2. The fraction of sp³-hybridized carbons (Fsp3) is 0.600. The van der Waals surface area contributed by atoms with E-state index in [2.05, 4.69) is 36.9 Å². The monoisotopic (exact) mass is 343 g/mol. The van der Waals surface area contributed by atoms with Gasteiger partial charge in [-0.1, -0.05) is 12.1 Å². The number of carbonyl (C=O) groups excluding carboxylic acids is 2. The summed E-state index contributed by atoms with van der Waals surface area (Å²) in [6.07, 6.45) is 3.15. The third kappa shape index (κ3) is 3.65. The molecule has 2 aliphatic rings. The van der Waals surface area contributed by atoms with Crippen LogP contribution in [0.1, 0.15) is 37.3 Å². The fourth-order valence-electron chi connectivity index (χ4n) is 3.89. The smallest absolute Gasteiger partial charge is 0.312 e. The summed E-state index contributed by atoms with van der Waals surface area (Å²) < 4.78 is 0. The minimum absolute atomic E-state index is 0.182. The molecule has 2 saturated heterocycles. The number of hydrogen-bond acceptors (Lipinski definition) is 3. The lowest BCUT2D eigenvalue weighted by molar-refractivity contribution is -0.154. The van der Waals surface area contributed by atoms with Gasteiger partial charge in [-0.2, -0.15) is 0 Å². The lowest BCUT2D eigenvalue weighted by Crippen LogP contribution is -2.55. The third-order valence-corrected chi connectivity index (χ3v) is 5.73. The van der Waals surface area contributed by atoms with Gasteiger partial charge in [-0.3, -0.25) is 9.59 Å². The van der Waals surface area contributed by atoms with Crippen LogP contribution in [0.5, 0.6) is 0 Å². The van der Waals surface area contributed by atoms with Crippen molar-refractivity contribution in [3.05, 3.63) is 29.3 Å². The molecule has 0 bridgehead atoms. The summed E-state index contributed by atoms with van der Waals surface area (Å²) in [5, 5.41) is 0. The zero-order valence-electron chi connectivity index (χ0n) is 15.6. The number of rotatable bonds is 1. The van der Waals surface area contributed by atoms with Crippen LogP contribution < -0.4 is 4.90 Å². The van der Waals surface area contributed by atoms with Gasteiger partial charge in [0, 0.05) is 44.5 Å². The van der Waals surface area contributed by atoms with Crippen molar-refractivity contribution < 1.29 is 9.59 Å². The number of anilines is 1.